The van der Waals surface area contributed by atoms with Crippen LogP contribution in [-0.4, -0.2) is 51.9 Å². The van der Waals surface area contributed by atoms with E-state index in [2.05, 4.69) is 8.92 Å². The maximum atomic E-state index is 12.5. The molecule has 11 heteroatoms. The first-order valence-corrected chi connectivity index (χ1v) is 8.41. The van der Waals surface area contributed by atoms with Gasteiger partial charge in [-0.1, -0.05) is 30.3 Å². The summed E-state index contributed by atoms with van der Waals surface area (Å²) in [7, 11) is -4.90. The summed E-state index contributed by atoms with van der Waals surface area (Å²) >= 11 is 0. The maximum absolute atomic E-state index is 12.5. The van der Waals surface area contributed by atoms with Gasteiger partial charge in [0.25, 0.3) is 0 Å². The number of esters is 1. The molecule has 140 valence electrons. The maximum Gasteiger partial charge on any atom is 0.523 e. The lowest BCUT2D eigenvalue weighted by Gasteiger charge is -2.41. The molecular formula is C14H15F3O7S. The number of hydrogen-bond acceptors (Lipinski definition) is 7. The van der Waals surface area contributed by atoms with Gasteiger partial charge >= 0.3 is 21.6 Å². The summed E-state index contributed by atoms with van der Waals surface area (Å²) in [4.78, 5) is 11.4. The highest BCUT2D eigenvalue weighted by Crippen LogP contribution is 2.33. The Labute approximate surface area is 141 Å². The van der Waals surface area contributed by atoms with E-state index in [-0.39, 0.29) is 13.2 Å². The lowest BCUT2D eigenvalue weighted by molar-refractivity contribution is -0.237. The molecule has 0 aliphatic carbocycles. The van der Waals surface area contributed by atoms with Gasteiger partial charge in [0.05, 0.1) is 20.3 Å². The van der Waals surface area contributed by atoms with Gasteiger partial charge in [0.1, 0.15) is 12.2 Å². The molecule has 2 rings (SSSR count). The summed E-state index contributed by atoms with van der Waals surface area (Å²) in [5.74, 6) is -1.04. The van der Waals surface area contributed by atoms with Crippen molar-refractivity contribution in [2.45, 2.75) is 30.4 Å². The van der Waals surface area contributed by atoms with Crippen molar-refractivity contribution in [2.24, 2.45) is 0 Å². The molecule has 1 saturated heterocycles. The number of rotatable bonds is 7. The molecule has 1 heterocycles. The van der Waals surface area contributed by atoms with Crippen LogP contribution >= 0.6 is 0 Å². The molecule has 0 amide bonds. The predicted molar refractivity (Wildman–Crippen MR) is 76.6 cm³/mol. The molecule has 1 fully saturated rings. The van der Waals surface area contributed by atoms with Crippen LogP contribution in [-0.2, 0) is 39.9 Å². The van der Waals surface area contributed by atoms with Crippen LogP contribution in [0.5, 0.6) is 0 Å². The van der Waals surface area contributed by atoms with Crippen LogP contribution in [0.4, 0.5) is 13.2 Å². The first kappa shape index (κ1) is 19.6. The quantitative estimate of drug-likeness (QED) is 0.399. The number of carbonyl (C=O) groups excluding carboxylic acids is 1. The van der Waals surface area contributed by atoms with Gasteiger partial charge < -0.3 is 14.2 Å². The summed E-state index contributed by atoms with van der Waals surface area (Å²) in [5.41, 5.74) is -4.81. The molecule has 0 unspecified atom stereocenters. The van der Waals surface area contributed by atoms with Gasteiger partial charge in [0, 0.05) is 0 Å². The van der Waals surface area contributed by atoms with E-state index in [1.807, 2.05) is 0 Å². The standard InChI is InChI=1S/C14H15F3O7S/c1-21-13(18)12-11(24-25(19,20)14(15,16)17)10(23-12)8-22-7-9-5-3-2-4-6-9/h2-6,10-12H,7-8H2,1H3/t10-,11-,12+/m1/s1. The number of carbonyl (C=O) groups is 1. The molecule has 1 aliphatic heterocycles. The van der Waals surface area contributed by atoms with Gasteiger partial charge in [0.2, 0.25) is 0 Å². The highest BCUT2D eigenvalue weighted by atomic mass is 32.2. The molecule has 0 bridgehead atoms. The zero-order valence-corrected chi connectivity index (χ0v) is 13.7. The molecule has 0 saturated carbocycles. The van der Waals surface area contributed by atoms with Crippen LogP contribution in [0.15, 0.2) is 30.3 Å². The summed E-state index contributed by atoms with van der Waals surface area (Å²) < 4.78 is 78.5. The monoisotopic (exact) mass is 384 g/mol. The minimum atomic E-state index is -5.89. The van der Waals surface area contributed by atoms with Crippen LogP contribution in [0.2, 0.25) is 0 Å². The van der Waals surface area contributed by atoms with Crippen molar-refractivity contribution in [3.63, 3.8) is 0 Å². The first-order valence-electron chi connectivity index (χ1n) is 7.00. The minimum absolute atomic E-state index is 0.127. The summed E-state index contributed by atoms with van der Waals surface area (Å²) in [6.07, 6.45) is -4.42. The fourth-order valence-corrected chi connectivity index (χ4v) is 2.70. The van der Waals surface area contributed by atoms with Gasteiger partial charge in [-0.2, -0.15) is 21.6 Å². The van der Waals surface area contributed by atoms with Gasteiger partial charge in [-0.05, 0) is 5.56 Å². The molecular weight excluding hydrogens is 369 g/mol. The van der Waals surface area contributed by atoms with Crippen LogP contribution in [0.1, 0.15) is 5.56 Å². The Balaban J connectivity index is 1.98. The smallest absolute Gasteiger partial charge is 0.467 e. The summed E-state index contributed by atoms with van der Waals surface area (Å²) in [6.45, 7) is -0.136. The van der Waals surface area contributed by atoms with E-state index >= 15 is 0 Å². The number of methoxy groups -OCH3 is 1. The molecule has 1 aromatic carbocycles. The number of ether oxygens (including phenoxy) is 3. The third kappa shape index (κ3) is 4.69. The molecule has 3 atom stereocenters. The Morgan fingerprint density at radius 2 is 1.88 bits per heavy atom. The van der Waals surface area contributed by atoms with Crippen molar-refractivity contribution in [2.75, 3.05) is 13.7 Å². The first-order chi connectivity index (χ1) is 11.7. The molecule has 7 nitrogen and oxygen atoms in total. The fourth-order valence-electron chi connectivity index (χ4n) is 2.07. The van der Waals surface area contributed by atoms with Crippen LogP contribution < -0.4 is 0 Å². The highest BCUT2D eigenvalue weighted by Gasteiger charge is 2.56. The molecule has 0 radical (unpaired) electrons. The van der Waals surface area contributed by atoms with E-state index in [9.17, 15) is 26.4 Å². The predicted octanol–water partition coefficient (Wildman–Crippen LogP) is 1.38. The molecule has 0 aromatic heterocycles. The summed E-state index contributed by atoms with van der Waals surface area (Å²) in [6, 6.07) is 8.87. The Bertz CT molecular complexity index is 690. The van der Waals surface area contributed by atoms with Gasteiger partial charge in [0.15, 0.2) is 6.10 Å². The molecule has 0 N–H and O–H groups in total. The second kappa shape index (κ2) is 7.68. The molecule has 25 heavy (non-hydrogen) atoms. The van der Waals surface area contributed by atoms with Gasteiger partial charge in [-0.3, -0.25) is 4.18 Å². The second-order valence-electron chi connectivity index (χ2n) is 5.08. The normalized spacial score (nSPS) is 23.8. The van der Waals surface area contributed by atoms with Crippen molar-refractivity contribution in [3.8, 4) is 0 Å². The Morgan fingerprint density at radius 3 is 2.44 bits per heavy atom. The van der Waals surface area contributed by atoms with Crippen molar-refractivity contribution in [1.29, 1.82) is 0 Å². The van der Waals surface area contributed by atoms with Crippen molar-refractivity contribution in [1.82, 2.24) is 0 Å². The Hall–Kier alpha value is -1.69. The highest BCUT2D eigenvalue weighted by molar-refractivity contribution is 7.87. The Kier molecular flexibility index (Phi) is 6.03. The van der Waals surface area contributed by atoms with Crippen LogP contribution in [0.25, 0.3) is 0 Å². The van der Waals surface area contributed by atoms with E-state index in [1.54, 1.807) is 30.3 Å². The molecule has 1 aliphatic rings. The minimum Gasteiger partial charge on any atom is -0.467 e. The Morgan fingerprint density at radius 1 is 1.24 bits per heavy atom. The van der Waals surface area contributed by atoms with Crippen molar-refractivity contribution < 1.29 is 44.8 Å². The second-order valence-corrected chi connectivity index (χ2v) is 6.64. The van der Waals surface area contributed by atoms with E-state index in [0.29, 0.717) is 0 Å². The topological polar surface area (TPSA) is 88.1 Å². The molecule has 1 aromatic rings. The number of alkyl halides is 3. The SMILES string of the molecule is COC(=O)[C@H]1O[C@H](COCc2ccccc2)[C@H]1OS(=O)(=O)C(F)(F)F. The summed E-state index contributed by atoms with van der Waals surface area (Å²) in [5, 5.41) is 0. The zero-order chi connectivity index (χ0) is 18.7. The van der Waals surface area contributed by atoms with Crippen molar-refractivity contribution >= 4 is 16.1 Å². The lowest BCUT2D eigenvalue weighted by Crippen LogP contribution is -2.61. The van der Waals surface area contributed by atoms with Gasteiger partial charge in [-0.25, -0.2) is 4.79 Å². The third-order valence-corrected chi connectivity index (χ3v) is 4.38. The number of benzene rings is 1. The third-order valence-electron chi connectivity index (χ3n) is 3.33. The van der Waals surface area contributed by atoms with E-state index in [1.165, 1.54) is 0 Å². The van der Waals surface area contributed by atoms with E-state index in [0.717, 1.165) is 12.7 Å². The van der Waals surface area contributed by atoms with E-state index < -0.39 is 39.9 Å². The van der Waals surface area contributed by atoms with Crippen molar-refractivity contribution in [3.05, 3.63) is 35.9 Å². The van der Waals surface area contributed by atoms with Crippen LogP contribution in [0, 0.1) is 0 Å². The average molecular weight is 384 g/mol. The lowest BCUT2D eigenvalue weighted by atomic mass is 10.0. The number of hydrogen-bond donors (Lipinski definition) is 0. The van der Waals surface area contributed by atoms with Gasteiger partial charge in [-0.15, -0.1) is 0 Å². The zero-order valence-electron chi connectivity index (χ0n) is 12.9. The van der Waals surface area contributed by atoms with E-state index in [4.69, 9.17) is 9.47 Å². The number of halogens is 3. The fraction of sp³-hybridized carbons (Fsp3) is 0.500. The average Bonchev–Trinajstić information content (AvgIpc) is 2.54. The largest absolute Gasteiger partial charge is 0.523 e. The van der Waals surface area contributed by atoms with Crippen LogP contribution in [0.3, 0.4) is 0 Å². The molecule has 0 spiro atoms.